The fourth-order valence-corrected chi connectivity index (χ4v) is 4.34. The predicted molar refractivity (Wildman–Crippen MR) is 74.9 cm³/mol. The number of hydrogen-bond donors (Lipinski definition) is 1. The molecule has 1 aromatic rings. The van der Waals surface area contributed by atoms with Gasteiger partial charge in [-0.1, -0.05) is 37.9 Å². The van der Waals surface area contributed by atoms with Crippen LogP contribution < -0.4 is 4.72 Å². The number of sulfonamides is 1. The fraction of sp³-hybridized carbons (Fsp3) is 0.500. The van der Waals surface area contributed by atoms with Crippen molar-refractivity contribution in [3.63, 3.8) is 0 Å². The molecule has 0 saturated carbocycles. The Bertz CT molecular complexity index is 460. The molecule has 1 heterocycles. The first-order valence-electron chi connectivity index (χ1n) is 4.96. The molecule has 0 aliphatic heterocycles. The topological polar surface area (TPSA) is 59.1 Å². The lowest BCUT2D eigenvalue weighted by atomic mass is 10.0. The fourth-order valence-electron chi connectivity index (χ4n) is 1.35. The number of hydrogen-bond acceptors (Lipinski definition) is 3. The van der Waals surface area contributed by atoms with E-state index < -0.39 is 15.6 Å². The molecule has 0 aliphatic rings. The van der Waals surface area contributed by atoms with Gasteiger partial charge < -0.3 is 0 Å². The molecule has 1 rings (SSSR count). The predicted octanol–water partition coefficient (Wildman–Crippen LogP) is 2.64. The second kappa shape index (κ2) is 5.77. The minimum atomic E-state index is -3.57. The maximum absolute atomic E-state index is 12.0. The third kappa shape index (κ3) is 5.03. The number of pyridine rings is 1. The van der Waals surface area contributed by atoms with Gasteiger partial charge in [0.05, 0.1) is 3.74 Å². The molecule has 96 valence electrons. The molecule has 0 atom stereocenters. The lowest BCUT2D eigenvalue weighted by Crippen LogP contribution is -2.44. The average Bonchev–Trinajstić information content (AvgIpc) is 2.15. The van der Waals surface area contributed by atoms with Crippen molar-refractivity contribution in [2.75, 3.05) is 0 Å². The van der Waals surface area contributed by atoms with Gasteiger partial charge in [-0.2, -0.15) is 0 Å². The number of halogens is 2. The summed E-state index contributed by atoms with van der Waals surface area (Å²) >= 11 is 6.68. The number of nitrogens with zero attached hydrogens (tertiary/aromatic N) is 1. The van der Waals surface area contributed by atoms with Gasteiger partial charge in [0.1, 0.15) is 0 Å². The van der Waals surface area contributed by atoms with Crippen LogP contribution in [0.3, 0.4) is 0 Å². The van der Waals surface area contributed by atoms with E-state index in [1.54, 1.807) is 12.1 Å². The van der Waals surface area contributed by atoms with Gasteiger partial charge in [0.25, 0.3) is 10.0 Å². The third-order valence-electron chi connectivity index (χ3n) is 1.99. The SMILES string of the molecule is CC(C)(CC(Br)Br)NS(=O)(=O)c1ccccn1. The summed E-state index contributed by atoms with van der Waals surface area (Å²) in [5.74, 6) is 0. The highest BCUT2D eigenvalue weighted by Crippen LogP contribution is 2.23. The molecule has 17 heavy (non-hydrogen) atoms. The van der Waals surface area contributed by atoms with Crippen LogP contribution >= 0.6 is 31.9 Å². The van der Waals surface area contributed by atoms with Crippen molar-refractivity contribution in [2.24, 2.45) is 0 Å². The largest absolute Gasteiger partial charge is 0.258 e. The Morgan fingerprint density at radius 2 is 2.06 bits per heavy atom. The zero-order chi connectivity index (χ0) is 13.1. The summed E-state index contributed by atoms with van der Waals surface area (Å²) in [6, 6.07) is 4.79. The highest BCUT2D eigenvalue weighted by molar-refractivity contribution is 9.24. The Morgan fingerprint density at radius 3 is 2.53 bits per heavy atom. The van der Waals surface area contributed by atoms with Crippen molar-refractivity contribution in [3.05, 3.63) is 24.4 Å². The van der Waals surface area contributed by atoms with Crippen molar-refractivity contribution in [3.8, 4) is 0 Å². The molecule has 0 spiro atoms. The molecule has 0 aliphatic carbocycles. The van der Waals surface area contributed by atoms with Gasteiger partial charge in [0.15, 0.2) is 5.03 Å². The Balaban J connectivity index is 2.88. The molecule has 1 aromatic heterocycles. The zero-order valence-corrected chi connectivity index (χ0v) is 13.5. The number of aromatic nitrogens is 1. The van der Waals surface area contributed by atoms with E-state index in [-0.39, 0.29) is 8.76 Å². The molecule has 0 saturated heterocycles. The van der Waals surface area contributed by atoms with Crippen LogP contribution in [0.2, 0.25) is 0 Å². The summed E-state index contributed by atoms with van der Waals surface area (Å²) in [5, 5.41) is 0.0359. The maximum Gasteiger partial charge on any atom is 0.258 e. The molecule has 0 bridgehead atoms. The Hall–Kier alpha value is 0.0200. The lowest BCUT2D eigenvalue weighted by molar-refractivity contribution is 0.438. The second-order valence-electron chi connectivity index (χ2n) is 4.25. The van der Waals surface area contributed by atoms with Gasteiger partial charge in [-0.05, 0) is 32.4 Å². The van der Waals surface area contributed by atoms with Gasteiger partial charge in [0, 0.05) is 11.7 Å². The van der Waals surface area contributed by atoms with Crippen molar-refractivity contribution < 1.29 is 8.42 Å². The van der Waals surface area contributed by atoms with Crippen LogP contribution in [0, 0.1) is 0 Å². The van der Waals surface area contributed by atoms with Crippen LogP contribution in [-0.2, 0) is 10.0 Å². The lowest BCUT2D eigenvalue weighted by Gasteiger charge is -2.26. The van der Waals surface area contributed by atoms with Crippen LogP contribution in [0.1, 0.15) is 20.3 Å². The zero-order valence-electron chi connectivity index (χ0n) is 9.52. The molecular weight excluding hydrogens is 372 g/mol. The Labute approximate surface area is 119 Å². The number of rotatable bonds is 5. The third-order valence-corrected chi connectivity index (χ3v) is 4.25. The van der Waals surface area contributed by atoms with Crippen LogP contribution in [0.25, 0.3) is 0 Å². The molecule has 4 nitrogen and oxygen atoms in total. The highest BCUT2D eigenvalue weighted by Gasteiger charge is 2.28. The van der Waals surface area contributed by atoms with E-state index >= 15 is 0 Å². The number of alkyl halides is 2. The summed E-state index contributed by atoms with van der Waals surface area (Å²) in [5.41, 5.74) is -0.561. The molecule has 0 fully saturated rings. The van der Waals surface area contributed by atoms with Crippen LogP contribution in [0.15, 0.2) is 29.4 Å². The highest BCUT2D eigenvalue weighted by atomic mass is 79.9. The van der Waals surface area contributed by atoms with Gasteiger partial charge >= 0.3 is 0 Å². The summed E-state index contributed by atoms with van der Waals surface area (Å²) in [6.07, 6.45) is 2.07. The minimum Gasteiger partial charge on any atom is -0.243 e. The van der Waals surface area contributed by atoms with Crippen molar-refractivity contribution in [2.45, 2.75) is 34.6 Å². The maximum atomic E-state index is 12.0. The number of nitrogens with one attached hydrogen (secondary N) is 1. The quantitative estimate of drug-likeness (QED) is 0.792. The van der Waals surface area contributed by atoms with E-state index in [0.717, 1.165) is 0 Å². The molecule has 1 N–H and O–H groups in total. The molecular formula is C10H14Br2N2O2S. The summed E-state index contributed by atoms with van der Waals surface area (Å²) in [4.78, 5) is 3.84. The Kier molecular flexibility index (Phi) is 5.12. The van der Waals surface area contributed by atoms with Crippen molar-refractivity contribution in [1.82, 2.24) is 9.71 Å². The summed E-state index contributed by atoms with van der Waals surface area (Å²) in [6.45, 7) is 3.64. The molecule has 7 heteroatoms. The first kappa shape index (κ1) is 15.1. The normalized spacial score (nSPS) is 13.0. The van der Waals surface area contributed by atoms with E-state index in [4.69, 9.17) is 0 Å². The summed E-state index contributed by atoms with van der Waals surface area (Å²) in [7, 11) is -3.57. The molecule has 0 unspecified atom stereocenters. The molecule has 0 amide bonds. The van der Waals surface area contributed by atoms with Crippen molar-refractivity contribution in [1.29, 1.82) is 0 Å². The Morgan fingerprint density at radius 1 is 1.41 bits per heavy atom. The first-order chi connectivity index (χ1) is 7.73. The van der Waals surface area contributed by atoms with Gasteiger partial charge in [-0.15, -0.1) is 0 Å². The van der Waals surface area contributed by atoms with E-state index in [1.165, 1.54) is 12.3 Å². The van der Waals surface area contributed by atoms with Gasteiger partial charge in [-0.25, -0.2) is 18.1 Å². The average molecular weight is 386 g/mol. The second-order valence-corrected chi connectivity index (χ2v) is 9.32. The molecule has 0 radical (unpaired) electrons. The standard InChI is InChI=1S/C10H14Br2N2O2S/c1-10(2,7-8(11)12)14-17(15,16)9-5-3-4-6-13-9/h3-6,8,14H,7H2,1-2H3. The van der Waals surface area contributed by atoms with Crippen LogP contribution in [-0.4, -0.2) is 22.7 Å². The molecule has 0 aromatic carbocycles. The first-order valence-corrected chi connectivity index (χ1v) is 8.27. The smallest absolute Gasteiger partial charge is 0.243 e. The van der Waals surface area contributed by atoms with Crippen LogP contribution in [0.4, 0.5) is 0 Å². The van der Waals surface area contributed by atoms with Gasteiger partial charge in [0.2, 0.25) is 0 Å². The van der Waals surface area contributed by atoms with E-state index in [0.29, 0.717) is 6.42 Å². The van der Waals surface area contributed by atoms with E-state index in [9.17, 15) is 8.42 Å². The summed E-state index contributed by atoms with van der Waals surface area (Å²) < 4.78 is 26.7. The van der Waals surface area contributed by atoms with Gasteiger partial charge in [-0.3, -0.25) is 0 Å². The van der Waals surface area contributed by atoms with E-state index in [2.05, 4.69) is 41.6 Å². The van der Waals surface area contributed by atoms with Crippen LogP contribution in [0.5, 0.6) is 0 Å². The monoisotopic (exact) mass is 384 g/mol. The van der Waals surface area contributed by atoms with Crippen molar-refractivity contribution >= 4 is 41.9 Å². The minimum absolute atomic E-state index is 0.0359. The van der Waals surface area contributed by atoms with E-state index in [1.807, 2.05) is 13.8 Å².